The van der Waals surface area contributed by atoms with E-state index in [0.717, 1.165) is 18.7 Å². The highest BCUT2D eigenvalue weighted by Crippen LogP contribution is 2.11. The number of nitrogens with zero attached hydrogens (tertiary/aromatic N) is 2. The molecule has 1 fully saturated rings. The van der Waals surface area contributed by atoms with Crippen molar-refractivity contribution in [1.82, 2.24) is 9.80 Å². The zero-order chi connectivity index (χ0) is 17.4. The highest BCUT2D eigenvalue weighted by molar-refractivity contribution is 6.30. The summed E-state index contributed by atoms with van der Waals surface area (Å²) in [4.78, 5) is 27.5. The number of carbonyl (C=O) groups is 2. The zero-order valence-electron chi connectivity index (χ0n) is 14.3. The van der Waals surface area contributed by atoms with Crippen molar-refractivity contribution in [2.75, 3.05) is 39.3 Å². The van der Waals surface area contributed by atoms with E-state index >= 15 is 0 Å². The summed E-state index contributed by atoms with van der Waals surface area (Å²) in [6.45, 7) is 5.74. The number of ketones is 1. The second-order valence-electron chi connectivity index (χ2n) is 5.63. The van der Waals surface area contributed by atoms with Crippen molar-refractivity contribution < 1.29 is 14.3 Å². The standard InChI is InChI=1S/C18H23ClN2O3.ClH/c1-2-24-18(23)21-13-11-20(12-14-21)10-9-17(22)8-5-15-3-6-16(19)7-4-15;/h3-8H,2,9-14H2,1H3;1H. The molecule has 0 atom stereocenters. The average Bonchev–Trinajstić information content (AvgIpc) is 2.60. The monoisotopic (exact) mass is 386 g/mol. The summed E-state index contributed by atoms with van der Waals surface area (Å²) < 4.78 is 4.99. The second-order valence-corrected chi connectivity index (χ2v) is 6.07. The van der Waals surface area contributed by atoms with Gasteiger partial charge in [-0.1, -0.05) is 29.8 Å². The predicted octanol–water partition coefficient (Wildman–Crippen LogP) is 3.51. The molecule has 138 valence electrons. The Bertz CT molecular complexity index is 582. The molecule has 1 aliphatic rings. The van der Waals surface area contributed by atoms with Gasteiger partial charge in [0.1, 0.15) is 0 Å². The van der Waals surface area contributed by atoms with Crippen molar-refractivity contribution in [2.45, 2.75) is 13.3 Å². The number of benzene rings is 1. The van der Waals surface area contributed by atoms with Crippen LogP contribution >= 0.6 is 24.0 Å². The molecule has 0 unspecified atom stereocenters. The van der Waals surface area contributed by atoms with Gasteiger partial charge in [0, 0.05) is 44.2 Å². The van der Waals surface area contributed by atoms with Gasteiger partial charge in [-0.3, -0.25) is 9.69 Å². The van der Waals surface area contributed by atoms with Crippen LogP contribution in [0.15, 0.2) is 30.3 Å². The van der Waals surface area contributed by atoms with E-state index in [0.29, 0.717) is 37.7 Å². The summed E-state index contributed by atoms with van der Waals surface area (Å²) in [5.74, 6) is 0.0952. The minimum absolute atomic E-state index is 0. The van der Waals surface area contributed by atoms with Gasteiger partial charge in [-0.25, -0.2) is 4.79 Å². The van der Waals surface area contributed by atoms with Gasteiger partial charge in [0.2, 0.25) is 0 Å². The van der Waals surface area contributed by atoms with E-state index in [1.165, 1.54) is 0 Å². The topological polar surface area (TPSA) is 49.9 Å². The lowest BCUT2D eigenvalue weighted by Crippen LogP contribution is -2.49. The molecule has 7 heteroatoms. The quantitative estimate of drug-likeness (QED) is 0.701. The lowest BCUT2D eigenvalue weighted by atomic mass is 10.1. The Morgan fingerprint density at radius 2 is 1.80 bits per heavy atom. The summed E-state index contributed by atoms with van der Waals surface area (Å²) in [5, 5.41) is 0.681. The summed E-state index contributed by atoms with van der Waals surface area (Å²) in [6, 6.07) is 7.35. The molecule has 1 amide bonds. The molecule has 0 bridgehead atoms. The molecule has 1 saturated heterocycles. The van der Waals surface area contributed by atoms with Crippen molar-refractivity contribution in [3.63, 3.8) is 0 Å². The van der Waals surface area contributed by atoms with E-state index in [9.17, 15) is 9.59 Å². The molecule has 1 aromatic rings. The van der Waals surface area contributed by atoms with Crippen molar-refractivity contribution in [3.05, 3.63) is 40.9 Å². The number of amides is 1. The van der Waals surface area contributed by atoms with Crippen LogP contribution in [0.4, 0.5) is 4.79 Å². The summed E-state index contributed by atoms with van der Waals surface area (Å²) in [6.07, 6.45) is 3.64. The Labute approximate surface area is 160 Å². The summed E-state index contributed by atoms with van der Waals surface area (Å²) >= 11 is 5.83. The summed E-state index contributed by atoms with van der Waals surface area (Å²) in [7, 11) is 0. The average molecular weight is 387 g/mol. The lowest BCUT2D eigenvalue weighted by molar-refractivity contribution is -0.115. The minimum Gasteiger partial charge on any atom is -0.450 e. The van der Waals surface area contributed by atoms with Crippen LogP contribution in [-0.2, 0) is 9.53 Å². The number of allylic oxidation sites excluding steroid dienone is 1. The third-order valence-corrected chi connectivity index (χ3v) is 4.16. The van der Waals surface area contributed by atoms with Gasteiger partial charge >= 0.3 is 6.09 Å². The number of hydrogen-bond acceptors (Lipinski definition) is 4. The van der Waals surface area contributed by atoms with Crippen LogP contribution < -0.4 is 0 Å². The predicted molar refractivity (Wildman–Crippen MR) is 102 cm³/mol. The SMILES string of the molecule is CCOC(=O)N1CCN(CCC(=O)C=Cc2ccc(Cl)cc2)CC1.Cl. The smallest absolute Gasteiger partial charge is 0.409 e. The van der Waals surface area contributed by atoms with Crippen molar-refractivity contribution in [2.24, 2.45) is 0 Å². The Morgan fingerprint density at radius 3 is 2.40 bits per heavy atom. The van der Waals surface area contributed by atoms with Crippen LogP contribution in [0.3, 0.4) is 0 Å². The van der Waals surface area contributed by atoms with Crippen LogP contribution in [0.2, 0.25) is 5.02 Å². The molecule has 5 nitrogen and oxygen atoms in total. The van der Waals surface area contributed by atoms with Crippen molar-refractivity contribution >= 4 is 42.0 Å². The molecule has 0 aliphatic carbocycles. The number of halogens is 2. The van der Waals surface area contributed by atoms with Gasteiger partial charge in [0.25, 0.3) is 0 Å². The number of carbonyl (C=O) groups excluding carboxylic acids is 2. The molecule has 2 rings (SSSR count). The molecule has 1 aromatic carbocycles. The highest BCUT2D eigenvalue weighted by Gasteiger charge is 2.21. The first-order valence-corrected chi connectivity index (χ1v) is 8.57. The molecule has 0 N–H and O–H groups in total. The van der Waals surface area contributed by atoms with Crippen LogP contribution in [0, 0.1) is 0 Å². The summed E-state index contributed by atoms with van der Waals surface area (Å²) in [5.41, 5.74) is 0.954. The van der Waals surface area contributed by atoms with Crippen LogP contribution in [-0.4, -0.2) is 61.0 Å². The fraction of sp³-hybridized carbons (Fsp3) is 0.444. The third-order valence-electron chi connectivity index (χ3n) is 3.90. The lowest BCUT2D eigenvalue weighted by Gasteiger charge is -2.33. The minimum atomic E-state index is -0.251. The number of rotatable bonds is 6. The highest BCUT2D eigenvalue weighted by atomic mass is 35.5. The Morgan fingerprint density at radius 1 is 1.16 bits per heavy atom. The first-order valence-electron chi connectivity index (χ1n) is 8.19. The first-order chi connectivity index (χ1) is 11.6. The Balaban J connectivity index is 0.00000312. The van der Waals surface area contributed by atoms with E-state index in [2.05, 4.69) is 4.90 Å². The van der Waals surface area contributed by atoms with Gasteiger partial charge in [-0.05, 0) is 30.7 Å². The zero-order valence-corrected chi connectivity index (χ0v) is 15.9. The van der Waals surface area contributed by atoms with Crippen LogP contribution in [0.5, 0.6) is 0 Å². The number of piperazine rings is 1. The fourth-order valence-electron chi connectivity index (χ4n) is 2.48. The third kappa shape index (κ3) is 7.46. The van der Waals surface area contributed by atoms with Crippen molar-refractivity contribution in [3.8, 4) is 0 Å². The van der Waals surface area contributed by atoms with Crippen LogP contribution in [0.1, 0.15) is 18.9 Å². The molecular formula is C18H24Cl2N2O3. The molecule has 1 heterocycles. The largest absolute Gasteiger partial charge is 0.450 e. The maximum atomic E-state index is 12.0. The van der Waals surface area contributed by atoms with Gasteiger partial charge in [0.15, 0.2) is 5.78 Å². The van der Waals surface area contributed by atoms with E-state index in [-0.39, 0.29) is 24.3 Å². The molecule has 0 aromatic heterocycles. The Kier molecular flexibility index (Phi) is 9.57. The molecule has 25 heavy (non-hydrogen) atoms. The van der Waals surface area contributed by atoms with E-state index in [1.54, 1.807) is 36.1 Å². The van der Waals surface area contributed by atoms with Crippen molar-refractivity contribution in [1.29, 1.82) is 0 Å². The van der Waals surface area contributed by atoms with E-state index < -0.39 is 0 Å². The molecule has 1 aliphatic heterocycles. The second kappa shape index (κ2) is 11.1. The fourth-order valence-corrected chi connectivity index (χ4v) is 2.61. The molecule has 0 radical (unpaired) electrons. The Hall–Kier alpha value is -1.56. The maximum Gasteiger partial charge on any atom is 0.409 e. The van der Waals surface area contributed by atoms with E-state index in [1.807, 2.05) is 12.1 Å². The first kappa shape index (κ1) is 21.5. The molecule has 0 spiro atoms. The van der Waals surface area contributed by atoms with Crippen LogP contribution in [0.25, 0.3) is 6.08 Å². The number of ether oxygens (including phenoxy) is 1. The molecular weight excluding hydrogens is 363 g/mol. The number of hydrogen-bond donors (Lipinski definition) is 0. The van der Waals surface area contributed by atoms with Gasteiger partial charge in [-0.2, -0.15) is 0 Å². The van der Waals surface area contributed by atoms with Gasteiger partial charge in [0.05, 0.1) is 6.61 Å². The molecule has 0 saturated carbocycles. The maximum absolute atomic E-state index is 12.0. The van der Waals surface area contributed by atoms with E-state index in [4.69, 9.17) is 16.3 Å². The van der Waals surface area contributed by atoms with Gasteiger partial charge in [-0.15, -0.1) is 12.4 Å². The van der Waals surface area contributed by atoms with Gasteiger partial charge < -0.3 is 9.64 Å². The normalized spacial score (nSPS) is 15.0.